The van der Waals surface area contributed by atoms with Gasteiger partial charge in [-0.25, -0.2) is 14.8 Å². The highest BCUT2D eigenvalue weighted by atomic mass is 16.5. The number of aryl methyl sites for hydroxylation is 2. The fraction of sp³-hybridized carbons (Fsp3) is 0.320. The number of hydrogen-bond acceptors (Lipinski definition) is 6. The van der Waals surface area contributed by atoms with Crippen LogP contribution < -0.4 is 5.32 Å². The molecule has 32 heavy (non-hydrogen) atoms. The maximum absolute atomic E-state index is 12.7. The molecule has 0 bridgehead atoms. The van der Waals surface area contributed by atoms with Crippen LogP contribution in [0.15, 0.2) is 42.5 Å². The number of benzene rings is 2. The molecule has 0 radical (unpaired) electrons. The van der Waals surface area contributed by atoms with Crippen LogP contribution in [-0.4, -0.2) is 33.7 Å². The molecule has 7 heteroatoms. The lowest BCUT2D eigenvalue weighted by molar-refractivity contribution is -0.123. The van der Waals surface area contributed by atoms with Crippen molar-refractivity contribution >= 4 is 34.4 Å². The fourth-order valence-corrected chi connectivity index (χ4v) is 2.91. The van der Waals surface area contributed by atoms with Gasteiger partial charge in [0.05, 0.1) is 28.0 Å². The molecule has 1 aromatic heterocycles. The van der Waals surface area contributed by atoms with Crippen molar-refractivity contribution in [2.24, 2.45) is 5.41 Å². The standard InChI is InChI=1S/C25H27N3O4/c1-14-15(2)27-21-13-18(9-12-20(21)26-14)23(30)32-16(3)22(29)17-7-10-19(11-8-17)28-24(31)25(4,5)6/h7-13,16H,1-6H3,(H,28,31)/t16-/m0/s1. The molecule has 0 fully saturated rings. The second kappa shape index (κ2) is 8.86. The summed E-state index contributed by atoms with van der Waals surface area (Å²) in [6.07, 6.45) is -0.973. The van der Waals surface area contributed by atoms with Crippen molar-refractivity contribution < 1.29 is 19.1 Å². The van der Waals surface area contributed by atoms with E-state index in [0.29, 0.717) is 27.8 Å². The second-order valence-electron chi connectivity index (χ2n) is 8.79. The molecule has 3 rings (SSSR count). The molecule has 2 aromatic carbocycles. The summed E-state index contributed by atoms with van der Waals surface area (Å²) in [5.74, 6) is -1.06. The number of ether oxygens (including phenoxy) is 1. The van der Waals surface area contributed by atoms with Crippen molar-refractivity contribution in [1.82, 2.24) is 9.97 Å². The van der Waals surface area contributed by atoms with E-state index in [1.165, 1.54) is 6.92 Å². The van der Waals surface area contributed by atoms with Crippen LogP contribution in [0.4, 0.5) is 5.69 Å². The third-order valence-electron chi connectivity index (χ3n) is 5.07. The van der Waals surface area contributed by atoms with Gasteiger partial charge in [0.15, 0.2) is 6.10 Å². The zero-order valence-electron chi connectivity index (χ0n) is 19.1. The first-order valence-electron chi connectivity index (χ1n) is 10.4. The van der Waals surface area contributed by atoms with Crippen LogP contribution in [0.25, 0.3) is 11.0 Å². The SMILES string of the molecule is Cc1nc2ccc(C(=O)O[C@@H](C)C(=O)c3ccc(NC(=O)C(C)(C)C)cc3)cc2nc1C. The van der Waals surface area contributed by atoms with Crippen LogP contribution in [0.3, 0.4) is 0 Å². The molecule has 0 saturated carbocycles. The van der Waals surface area contributed by atoms with Crippen LogP contribution in [-0.2, 0) is 9.53 Å². The van der Waals surface area contributed by atoms with Crippen molar-refractivity contribution in [2.45, 2.75) is 47.6 Å². The van der Waals surface area contributed by atoms with E-state index in [0.717, 1.165) is 11.4 Å². The molecule has 1 amide bonds. The summed E-state index contributed by atoms with van der Waals surface area (Å²) in [6.45, 7) is 10.7. The van der Waals surface area contributed by atoms with E-state index in [4.69, 9.17) is 4.74 Å². The first-order valence-corrected chi connectivity index (χ1v) is 10.4. The summed E-state index contributed by atoms with van der Waals surface area (Å²) in [7, 11) is 0. The predicted octanol–water partition coefficient (Wildman–Crippen LogP) is 4.66. The molecule has 3 aromatic rings. The van der Waals surface area contributed by atoms with Crippen molar-refractivity contribution in [3.63, 3.8) is 0 Å². The normalized spacial score (nSPS) is 12.3. The molecule has 166 valence electrons. The monoisotopic (exact) mass is 433 g/mol. The minimum atomic E-state index is -0.973. The molecule has 0 aliphatic heterocycles. The number of aromatic nitrogens is 2. The Balaban J connectivity index is 1.68. The summed E-state index contributed by atoms with van der Waals surface area (Å²) in [6, 6.07) is 11.4. The van der Waals surface area contributed by atoms with Crippen LogP contribution in [0.5, 0.6) is 0 Å². The minimum absolute atomic E-state index is 0.121. The number of fused-ring (bicyclic) bond motifs is 1. The molecular weight excluding hydrogens is 406 g/mol. The topological polar surface area (TPSA) is 98.2 Å². The van der Waals surface area contributed by atoms with Gasteiger partial charge in [-0.05, 0) is 63.2 Å². The Morgan fingerprint density at radius 1 is 0.875 bits per heavy atom. The van der Waals surface area contributed by atoms with Gasteiger partial charge in [0.2, 0.25) is 11.7 Å². The van der Waals surface area contributed by atoms with Gasteiger partial charge in [0, 0.05) is 16.7 Å². The third kappa shape index (κ3) is 5.17. The Kier molecular flexibility index (Phi) is 6.39. The van der Waals surface area contributed by atoms with Gasteiger partial charge >= 0.3 is 5.97 Å². The predicted molar refractivity (Wildman–Crippen MR) is 123 cm³/mol. The lowest BCUT2D eigenvalue weighted by atomic mass is 9.95. The number of anilines is 1. The van der Waals surface area contributed by atoms with E-state index in [2.05, 4.69) is 15.3 Å². The summed E-state index contributed by atoms with van der Waals surface area (Å²) in [4.78, 5) is 46.3. The smallest absolute Gasteiger partial charge is 0.338 e. The van der Waals surface area contributed by atoms with Crippen molar-refractivity contribution in [3.05, 3.63) is 65.0 Å². The number of Topliss-reactive ketones (excluding diaryl/α,β-unsaturated/α-hetero) is 1. The fourth-order valence-electron chi connectivity index (χ4n) is 2.91. The second-order valence-corrected chi connectivity index (χ2v) is 8.79. The number of rotatable bonds is 5. The number of esters is 1. The minimum Gasteiger partial charge on any atom is -0.451 e. The van der Waals surface area contributed by atoms with Crippen molar-refractivity contribution in [1.29, 1.82) is 0 Å². The quantitative estimate of drug-likeness (QED) is 0.464. The van der Waals surface area contributed by atoms with Crippen LogP contribution in [0.2, 0.25) is 0 Å². The van der Waals surface area contributed by atoms with E-state index in [9.17, 15) is 14.4 Å². The van der Waals surface area contributed by atoms with E-state index >= 15 is 0 Å². The maximum atomic E-state index is 12.7. The molecule has 0 saturated heterocycles. The molecular formula is C25H27N3O4. The summed E-state index contributed by atoms with van der Waals surface area (Å²) >= 11 is 0. The number of ketones is 1. The van der Waals surface area contributed by atoms with E-state index in [-0.39, 0.29) is 11.7 Å². The molecule has 0 aliphatic carbocycles. The Morgan fingerprint density at radius 3 is 2.03 bits per heavy atom. The van der Waals surface area contributed by atoms with Crippen LogP contribution in [0.1, 0.15) is 59.8 Å². The van der Waals surface area contributed by atoms with Crippen molar-refractivity contribution in [2.75, 3.05) is 5.32 Å². The van der Waals surface area contributed by atoms with Gasteiger partial charge in [0.25, 0.3) is 0 Å². The zero-order valence-corrected chi connectivity index (χ0v) is 19.1. The average Bonchev–Trinajstić information content (AvgIpc) is 2.73. The lowest BCUT2D eigenvalue weighted by Gasteiger charge is -2.18. The molecule has 7 nitrogen and oxygen atoms in total. The number of carbonyl (C=O) groups is 3. The number of nitrogens with one attached hydrogen (secondary N) is 1. The third-order valence-corrected chi connectivity index (χ3v) is 5.07. The van der Waals surface area contributed by atoms with Gasteiger partial charge in [-0.15, -0.1) is 0 Å². The molecule has 0 spiro atoms. The Hall–Kier alpha value is -3.61. The highest BCUT2D eigenvalue weighted by Gasteiger charge is 2.23. The van der Waals surface area contributed by atoms with E-state index < -0.39 is 17.5 Å². The Bertz CT molecular complexity index is 1190. The Morgan fingerprint density at radius 2 is 1.44 bits per heavy atom. The molecule has 1 atom stereocenters. The average molecular weight is 434 g/mol. The summed E-state index contributed by atoms with van der Waals surface area (Å²) < 4.78 is 5.39. The van der Waals surface area contributed by atoms with Crippen molar-refractivity contribution in [3.8, 4) is 0 Å². The lowest BCUT2D eigenvalue weighted by Crippen LogP contribution is -2.27. The summed E-state index contributed by atoms with van der Waals surface area (Å²) in [5, 5.41) is 2.81. The van der Waals surface area contributed by atoms with Gasteiger partial charge < -0.3 is 10.1 Å². The van der Waals surface area contributed by atoms with Gasteiger partial charge in [0.1, 0.15) is 0 Å². The number of amides is 1. The maximum Gasteiger partial charge on any atom is 0.338 e. The van der Waals surface area contributed by atoms with E-state index in [1.807, 2.05) is 34.6 Å². The molecule has 0 unspecified atom stereocenters. The van der Waals surface area contributed by atoms with Gasteiger partial charge in [-0.1, -0.05) is 20.8 Å². The molecule has 1 N–H and O–H groups in total. The Labute approximate surface area is 187 Å². The zero-order chi connectivity index (χ0) is 23.6. The highest BCUT2D eigenvalue weighted by Crippen LogP contribution is 2.19. The first kappa shape index (κ1) is 23.1. The van der Waals surface area contributed by atoms with Gasteiger partial charge in [-0.2, -0.15) is 0 Å². The molecule has 1 heterocycles. The number of hydrogen-bond donors (Lipinski definition) is 1. The molecule has 0 aliphatic rings. The van der Waals surface area contributed by atoms with Crippen LogP contribution in [0, 0.1) is 19.3 Å². The van der Waals surface area contributed by atoms with E-state index in [1.54, 1.807) is 42.5 Å². The highest BCUT2D eigenvalue weighted by molar-refractivity contribution is 6.02. The van der Waals surface area contributed by atoms with Gasteiger partial charge in [-0.3, -0.25) is 9.59 Å². The number of nitrogens with zero attached hydrogens (tertiary/aromatic N) is 2. The first-order chi connectivity index (χ1) is 15.0. The summed E-state index contributed by atoms with van der Waals surface area (Å²) in [5.41, 5.74) is 3.65. The largest absolute Gasteiger partial charge is 0.451 e. The number of carbonyl (C=O) groups excluding carboxylic acids is 3. The van der Waals surface area contributed by atoms with Crippen LogP contribution >= 0.6 is 0 Å².